The molecular formula is C13H26N2O2. The van der Waals surface area contributed by atoms with Crippen molar-refractivity contribution >= 4 is 0 Å². The third-order valence-corrected chi connectivity index (χ3v) is 3.91. The topological polar surface area (TPSA) is 44.7 Å². The molecule has 3 atom stereocenters. The Morgan fingerprint density at radius 3 is 2.88 bits per heavy atom. The molecular weight excluding hydrogens is 216 g/mol. The van der Waals surface area contributed by atoms with Gasteiger partial charge >= 0.3 is 0 Å². The fraction of sp³-hybridized carbons (Fsp3) is 1.00. The number of likely N-dealkylation sites (tertiary alicyclic amines) is 1. The lowest BCUT2D eigenvalue weighted by Crippen LogP contribution is -2.35. The zero-order chi connectivity index (χ0) is 12.3. The van der Waals surface area contributed by atoms with Crippen LogP contribution in [0, 0.1) is 0 Å². The molecule has 0 aromatic carbocycles. The molecule has 0 spiro atoms. The van der Waals surface area contributed by atoms with E-state index in [0.29, 0.717) is 12.6 Å². The van der Waals surface area contributed by atoms with Crippen molar-refractivity contribution in [3.8, 4) is 0 Å². The fourth-order valence-electron chi connectivity index (χ4n) is 2.85. The van der Waals surface area contributed by atoms with Gasteiger partial charge in [-0.25, -0.2) is 0 Å². The van der Waals surface area contributed by atoms with Gasteiger partial charge in [-0.3, -0.25) is 4.90 Å². The van der Waals surface area contributed by atoms with Gasteiger partial charge in [-0.05, 0) is 39.2 Å². The second kappa shape index (κ2) is 6.14. The van der Waals surface area contributed by atoms with Crippen LogP contribution in [-0.2, 0) is 4.74 Å². The van der Waals surface area contributed by atoms with Crippen molar-refractivity contribution in [1.29, 1.82) is 0 Å². The number of hydrogen-bond donors (Lipinski definition) is 2. The smallest absolute Gasteiger partial charge is 0.0785 e. The van der Waals surface area contributed by atoms with E-state index in [9.17, 15) is 5.11 Å². The van der Waals surface area contributed by atoms with Crippen LogP contribution in [0.2, 0.25) is 0 Å². The third kappa shape index (κ3) is 3.91. The molecule has 1 heterocycles. The molecule has 4 nitrogen and oxygen atoms in total. The minimum absolute atomic E-state index is 0.328. The molecule has 0 radical (unpaired) electrons. The summed E-state index contributed by atoms with van der Waals surface area (Å²) < 4.78 is 4.91. The van der Waals surface area contributed by atoms with Gasteiger partial charge in [0.25, 0.3) is 0 Å². The first-order chi connectivity index (χ1) is 8.20. The summed E-state index contributed by atoms with van der Waals surface area (Å²) in [6.45, 7) is 4.85. The molecule has 0 amide bonds. The second-order valence-electron chi connectivity index (χ2n) is 5.56. The highest BCUT2D eigenvalue weighted by Gasteiger charge is 2.38. The SMILES string of the molecule is COCC(O)CCNC1CC(C)N(C2CC2)C1. The Kier molecular flexibility index (Phi) is 4.79. The Morgan fingerprint density at radius 2 is 2.24 bits per heavy atom. The molecule has 17 heavy (non-hydrogen) atoms. The summed E-state index contributed by atoms with van der Waals surface area (Å²) >= 11 is 0. The predicted octanol–water partition coefficient (Wildman–Crippen LogP) is 0.599. The summed E-state index contributed by atoms with van der Waals surface area (Å²) in [5.74, 6) is 0. The molecule has 2 rings (SSSR count). The van der Waals surface area contributed by atoms with E-state index in [1.807, 2.05) is 0 Å². The highest BCUT2D eigenvalue weighted by Crippen LogP contribution is 2.33. The van der Waals surface area contributed by atoms with Crippen LogP contribution >= 0.6 is 0 Å². The van der Waals surface area contributed by atoms with E-state index < -0.39 is 0 Å². The Balaban J connectivity index is 1.60. The maximum Gasteiger partial charge on any atom is 0.0785 e. The van der Waals surface area contributed by atoms with Crippen molar-refractivity contribution in [2.24, 2.45) is 0 Å². The Hall–Kier alpha value is -0.160. The molecule has 2 fully saturated rings. The number of hydrogen-bond acceptors (Lipinski definition) is 4. The first-order valence-electron chi connectivity index (χ1n) is 6.87. The van der Waals surface area contributed by atoms with Crippen molar-refractivity contribution in [3.05, 3.63) is 0 Å². The van der Waals surface area contributed by atoms with Gasteiger partial charge in [0, 0.05) is 31.8 Å². The van der Waals surface area contributed by atoms with E-state index in [2.05, 4.69) is 17.1 Å². The number of methoxy groups -OCH3 is 1. The van der Waals surface area contributed by atoms with Crippen LogP contribution in [0.25, 0.3) is 0 Å². The summed E-state index contributed by atoms with van der Waals surface area (Å²) in [4.78, 5) is 2.64. The van der Waals surface area contributed by atoms with Crippen molar-refractivity contribution in [1.82, 2.24) is 10.2 Å². The average molecular weight is 242 g/mol. The lowest BCUT2D eigenvalue weighted by Gasteiger charge is -2.20. The van der Waals surface area contributed by atoms with Crippen LogP contribution < -0.4 is 5.32 Å². The first-order valence-corrected chi connectivity index (χ1v) is 6.87. The summed E-state index contributed by atoms with van der Waals surface area (Å²) in [5.41, 5.74) is 0. The largest absolute Gasteiger partial charge is 0.391 e. The highest BCUT2D eigenvalue weighted by molar-refractivity contribution is 4.95. The maximum atomic E-state index is 9.55. The van der Waals surface area contributed by atoms with E-state index in [0.717, 1.165) is 25.0 Å². The van der Waals surface area contributed by atoms with E-state index in [-0.39, 0.29) is 6.10 Å². The summed E-state index contributed by atoms with van der Waals surface area (Å²) in [5, 5.41) is 13.1. The molecule has 0 aromatic rings. The van der Waals surface area contributed by atoms with Crippen LogP contribution in [0.5, 0.6) is 0 Å². The zero-order valence-electron chi connectivity index (χ0n) is 11.1. The molecule has 100 valence electrons. The Morgan fingerprint density at radius 1 is 1.47 bits per heavy atom. The van der Waals surface area contributed by atoms with Crippen LogP contribution in [0.1, 0.15) is 32.6 Å². The van der Waals surface area contributed by atoms with Crippen molar-refractivity contribution in [2.45, 2.75) is 56.8 Å². The molecule has 1 saturated carbocycles. The summed E-state index contributed by atoms with van der Waals surface area (Å²) in [6.07, 6.45) is 4.48. The van der Waals surface area contributed by atoms with E-state index in [1.54, 1.807) is 7.11 Å². The third-order valence-electron chi connectivity index (χ3n) is 3.91. The number of aliphatic hydroxyl groups is 1. The van der Waals surface area contributed by atoms with Gasteiger partial charge in [-0.15, -0.1) is 0 Å². The Labute approximate surface area is 104 Å². The molecule has 0 bridgehead atoms. The minimum Gasteiger partial charge on any atom is -0.391 e. The van der Waals surface area contributed by atoms with Gasteiger partial charge in [0.1, 0.15) is 0 Å². The fourth-order valence-corrected chi connectivity index (χ4v) is 2.85. The van der Waals surface area contributed by atoms with E-state index in [4.69, 9.17) is 4.74 Å². The van der Waals surface area contributed by atoms with Gasteiger partial charge in [0.05, 0.1) is 12.7 Å². The van der Waals surface area contributed by atoms with Crippen molar-refractivity contribution in [2.75, 3.05) is 26.8 Å². The van der Waals surface area contributed by atoms with Gasteiger partial charge in [-0.1, -0.05) is 0 Å². The lowest BCUT2D eigenvalue weighted by molar-refractivity contribution is 0.0590. The number of nitrogens with one attached hydrogen (secondary N) is 1. The number of nitrogens with zero attached hydrogens (tertiary/aromatic N) is 1. The number of ether oxygens (including phenoxy) is 1. The molecule has 1 saturated heterocycles. The molecule has 3 unspecified atom stereocenters. The van der Waals surface area contributed by atoms with Gasteiger partial charge in [0.15, 0.2) is 0 Å². The molecule has 4 heteroatoms. The Bertz CT molecular complexity index is 233. The van der Waals surface area contributed by atoms with Crippen LogP contribution in [-0.4, -0.2) is 61.0 Å². The quantitative estimate of drug-likeness (QED) is 0.686. The van der Waals surface area contributed by atoms with Crippen molar-refractivity contribution < 1.29 is 9.84 Å². The average Bonchev–Trinajstić information content (AvgIpc) is 3.04. The molecule has 1 aliphatic carbocycles. The molecule has 0 aromatic heterocycles. The van der Waals surface area contributed by atoms with Crippen LogP contribution in [0.3, 0.4) is 0 Å². The number of rotatable bonds is 7. The number of aliphatic hydroxyl groups excluding tert-OH is 1. The normalized spacial score (nSPS) is 31.9. The second-order valence-corrected chi connectivity index (χ2v) is 5.56. The summed E-state index contributed by atoms with van der Waals surface area (Å²) in [6, 6.07) is 2.21. The molecule has 1 aliphatic heterocycles. The first kappa shape index (κ1) is 13.3. The van der Waals surface area contributed by atoms with E-state index >= 15 is 0 Å². The lowest BCUT2D eigenvalue weighted by atomic mass is 10.2. The predicted molar refractivity (Wildman–Crippen MR) is 68.1 cm³/mol. The standard InChI is InChI=1S/C13H26N2O2/c1-10-7-11(8-15(10)12-3-4-12)14-6-5-13(16)9-17-2/h10-14,16H,3-9H2,1-2H3. The van der Waals surface area contributed by atoms with Crippen LogP contribution in [0.15, 0.2) is 0 Å². The zero-order valence-corrected chi connectivity index (χ0v) is 11.1. The van der Waals surface area contributed by atoms with E-state index in [1.165, 1.54) is 25.8 Å². The van der Waals surface area contributed by atoms with Crippen molar-refractivity contribution in [3.63, 3.8) is 0 Å². The van der Waals surface area contributed by atoms with Gasteiger partial charge in [-0.2, -0.15) is 0 Å². The van der Waals surface area contributed by atoms with Gasteiger partial charge < -0.3 is 15.2 Å². The minimum atomic E-state index is -0.328. The van der Waals surface area contributed by atoms with Gasteiger partial charge in [0.2, 0.25) is 0 Å². The highest BCUT2D eigenvalue weighted by atomic mass is 16.5. The molecule has 2 N–H and O–H groups in total. The monoisotopic (exact) mass is 242 g/mol. The van der Waals surface area contributed by atoms with Crippen LogP contribution in [0.4, 0.5) is 0 Å². The molecule has 2 aliphatic rings. The summed E-state index contributed by atoms with van der Waals surface area (Å²) in [7, 11) is 1.63. The maximum absolute atomic E-state index is 9.55.